The molecule has 1 heterocycles. The normalized spacial score (nSPS) is 16.6. The van der Waals surface area contributed by atoms with E-state index in [1.165, 1.54) is 18.5 Å². The highest BCUT2D eigenvalue weighted by atomic mass is 127. The smallest absolute Gasteiger partial charge is 0.190 e. The first-order chi connectivity index (χ1) is 13.3. The number of benzene rings is 1. The summed E-state index contributed by atoms with van der Waals surface area (Å²) in [5.41, 5.74) is 1.24. The molecule has 0 aliphatic carbocycles. The highest BCUT2D eigenvalue weighted by Gasteiger charge is 2.23. The molecule has 2 rings (SSSR count). The van der Waals surface area contributed by atoms with Crippen molar-refractivity contribution in [2.75, 3.05) is 58.5 Å². The number of anilines is 1. The molecule has 7 heteroatoms. The molecule has 0 bridgehead atoms. The second-order valence-electron chi connectivity index (χ2n) is 7.00. The van der Waals surface area contributed by atoms with E-state index in [0.29, 0.717) is 5.92 Å². The Balaban J connectivity index is 0.00000392. The summed E-state index contributed by atoms with van der Waals surface area (Å²) in [6, 6.07) is 8.31. The second kappa shape index (κ2) is 14.7. The lowest BCUT2D eigenvalue weighted by Crippen LogP contribution is -2.40. The van der Waals surface area contributed by atoms with Gasteiger partial charge in [-0.15, -0.1) is 24.0 Å². The number of hydrogen-bond donors (Lipinski definition) is 2. The molecule has 1 unspecified atom stereocenters. The van der Waals surface area contributed by atoms with Crippen LogP contribution in [0.15, 0.2) is 29.3 Å². The minimum Gasteiger partial charge on any atom is -0.497 e. The summed E-state index contributed by atoms with van der Waals surface area (Å²) in [6.07, 6.45) is 4.51. The number of rotatable bonds is 11. The van der Waals surface area contributed by atoms with Crippen molar-refractivity contribution in [3.8, 4) is 5.75 Å². The van der Waals surface area contributed by atoms with Gasteiger partial charge in [-0.3, -0.25) is 4.99 Å². The van der Waals surface area contributed by atoms with E-state index in [1.807, 2.05) is 13.1 Å². The predicted octanol–water partition coefficient (Wildman–Crippen LogP) is 3.51. The predicted molar refractivity (Wildman–Crippen MR) is 128 cm³/mol. The molecular formula is C21H37IN4O2. The third-order valence-electron chi connectivity index (χ3n) is 4.89. The van der Waals surface area contributed by atoms with Gasteiger partial charge in [-0.25, -0.2) is 0 Å². The summed E-state index contributed by atoms with van der Waals surface area (Å²) in [5.74, 6) is 2.41. The van der Waals surface area contributed by atoms with Crippen LogP contribution in [-0.4, -0.2) is 59.5 Å². The minimum absolute atomic E-state index is 0. The van der Waals surface area contributed by atoms with Gasteiger partial charge in [0, 0.05) is 58.2 Å². The number of halogens is 1. The lowest BCUT2D eigenvalue weighted by atomic mass is 10.1. The molecule has 0 saturated carbocycles. The standard InChI is InChI=1S/C21H36N4O2.HI/c1-4-5-13-27-14-7-11-23-21(22-2)24-16-18-10-12-25(17-18)19-8-6-9-20(15-19)26-3;/h6,8-9,15,18H,4-5,7,10-14,16-17H2,1-3H3,(H2,22,23,24);1H. The molecule has 1 aliphatic heterocycles. The van der Waals surface area contributed by atoms with Crippen LogP contribution in [0.25, 0.3) is 0 Å². The van der Waals surface area contributed by atoms with E-state index in [0.717, 1.165) is 63.9 Å². The van der Waals surface area contributed by atoms with Crippen molar-refractivity contribution < 1.29 is 9.47 Å². The van der Waals surface area contributed by atoms with Crippen molar-refractivity contribution in [1.29, 1.82) is 0 Å². The van der Waals surface area contributed by atoms with Gasteiger partial charge in [0.05, 0.1) is 7.11 Å². The molecule has 0 amide bonds. The van der Waals surface area contributed by atoms with E-state index in [1.54, 1.807) is 7.11 Å². The molecule has 1 fully saturated rings. The molecule has 0 aromatic heterocycles. The Bertz CT molecular complexity index is 571. The molecule has 1 aliphatic rings. The fraction of sp³-hybridized carbons (Fsp3) is 0.667. The number of nitrogens with one attached hydrogen (secondary N) is 2. The van der Waals surface area contributed by atoms with Crippen molar-refractivity contribution in [2.24, 2.45) is 10.9 Å². The van der Waals surface area contributed by atoms with E-state index in [-0.39, 0.29) is 24.0 Å². The maximum atomic E-state index is 5.59. The summed E-state index contributed by atoms with van der Waals surface area (Å²) in [4.78, 5) is 6.75. The Kier molecular flexibility index (Phi) is 13.1. The summed E-state index contributed by atoms with van der Waals surface area (Å²) in [6.45, 7) is 7.82. The number of nitrogens with zero attached hydrogens (tertiary/aromatic N) is 2. The van der Waals surface area contributed by atoms with E-state index in [4.69, 9.17) is 9.47 Å². The average molecular weight is 504 g/mol. The third-order valence-corrected chi connectivity index (χ3v) is 4.89. The number of methoxy groups -OCH3 is 1. The maximum Gasteiger partial charge on any atom is 0.190 e. The Hall–Kier alpha value is -1.22. The van der Waals surface area contributed by atoms with Crippen LogP contribution in [0, 0.1) is 5.92 Å². The molecular weight excluding hydrogens is 467 g/mol. The number of guanidine groups is 1. The first-order valence-electron chi connectivity index (χ1n) is 10.2. The molecule has 1 saturated heterocycles. The summed E-state index contributed by atoms with van der Waals surface area (Å²) >= 11 is 0. The van der Waals surface area contributed by atoms with Crippen molar-refractivity contribution in [1.82, 2.24) is 10.6 Å². The van der Waals surface area contributed by atoms with Crippen molar-refractivity contribution >= 4 is 35.6 Å². The fourth-order valence-corrected chi connectivity index (χ4v) is 3.23. The number of hydrogen-bond acceptors (Lipinski definition) is 4. The minimum atomic E-state index is 0. The number of unbranched alkanes of at least 4 members (excludes halogenated alkanes) is 1. The van der Waals surface area contributed by atoms with Crippen LogP contribution in [0.5, 0.6) is 5.75 Å². The second-order valence-corrected chi connectivity index (χ2v) is 7.00. The van der Waals surface area contributed by atoms with Gasteiger partial charge in [0.1, 0.15) is 5.75 Å². The van der Waals surface area contributed by atoms with Crippen LogP contribution in [0.4, 0.5) is 5.69 Å². The van der Waals surface area contributed by atoms with Gasteiger partial charge in [-0.05, 0) is 37.3 Å². The molecule has 1 aromatic carbocycles. The van der Waals surface area contributed by atoms with E-state index >= 15 is 0 Å². The Labute approximate surface area is 187 Å². The molecule has 28 heavy (non-hydrogen) atoms. The molecule has 1 atom stereocenters. The van der Waals surface area contributed by atoms with E-state index < -0.39 is 0 Å². The third kappa shape index (κ3) is 8.86. The van der Waals surface area contributed by atoms with Crippen LogP contribution in [0.1, 0.15) is 32.6 Å². The maximum absolute atomic E-state index is 5.59. The zero-order valence-corrected chi connectivity index (χ0v) is 19.9. The molecule has 0 spiro atoms. The first kappa shape index (κ1) is 24.8. The molecule has 6 nitrogen and oxygen atoms in total. The van der Waals surface area contributed by atoms with Crippen LogP contribution in [0.3, 0.4) is 0 Å². The van der Waals surface area contributed by atoms with E-state index in [9.17, 15) is 0 Å². The van der Waals surface area contributed by atoms with Gasteiger partial charge in [0.2, 0.25) is 0 Å². The lowest BCUT2D eigenvalue weighted by molar-refractivity contribution is 0.129. The Morgan fingerprint density at radius 1 is 1.25 bits per heavy atom. The topological polar surface area (TPSA) is 58.1 Å². The molecule has 1 aromatic rings. The van der Waals surface area contributed by atoms with Crippen LogP contribution in [0.2, 0.25) is 0 Å². The van der Waals surface area contributed by atoms with Gasteiger partial charge in [-0.2, -0.15) is 0 Å². The zero-order chi connectivity index (χ0) is 19.3. The molecule has 160 valence electrons. The largest absolute Gasteiger partial charge is 0.497 e. The summed E-state index contributed by atoms with van der Waals surface area (Å²) < 4.78 is 10.9. The summed E-state index contributed by atoms with van der Waals surface area (Å²) in [7, 11) is 3.54. The van der Waals surface area contributed by atoms with Crippen molar-refractivity contribution in [3.05, 3.63) is 24.3 Å². The zero-order valence-electron chi connectivity index (χ0n) is 17.6. The highest BCUT2D eigenvalue weighted by molar-refractivity contribution is 14.0. The summed E-state index contributed by atoms with van der Waals surface area (Å²) in [5, 5.41) is 6.83. The van der Waals surface area contributed by atoms with Crippen LogP contribution >= 0.6 is 24.0 Å². The van der Waals surface area contributed by atoms with E-state index in [2.05, 4.69) is 45.6 Å². The highest BCUT2D eigenvalue weighted by Crippen LogP contribution is 2.26. The van der Waals surface area contributed by atoms with Gasteiger partial charge in [0.25, 0.3) is 0 Å². The number of ether oxygens (including phenoxy) is 2. The van der Waals surface area contributed by atoms with Gasteiger partial charge in [0.15, 0.2) is 5.96 Å². The van der Waals surface area contributed by atoms with Gasteiger partial charge < -0.3 is 25.0 Å². The van der Waals surface area contributed by atoms with Crippen LogP contribution < -0.4 is 20.3 Å². The Morgan fingerprint density at radius 2 is 2.07 bits per heavy atom. The first-order valence-corrected chi connectivity index (χ1v) is 10.2. The monoisotopic (exact) mass is 504 g/mol. The quantitative estimate of drug-likeness (QED) is 0.209. The fourth-order valence-electron chi connectivity index (χ4n) is 3.23. The van der Waals surface area contributed by atoms with Crippen LogP contribution in [-0.2, 0) is 4.74 Å². The number of aliphatic imine (C=N–C) groups is 1. The molecule has 0 radical (unpaired) electrons. The Morgan fingerprint density at radius 3 is 2.82 bits per heavy atom. The van der Waals surface area contributed by atoms with Crippen molar-refractivity contribution in [3.63, 3.8) is 0 Å². The van der Waals surface area contributed by atoms with Gasteiger partial charge >= 0.3 is 0 Å². The lowest BCUT2D eigenvalue weighted by Gasteiger charge is -2.20. The van der Waals surface area contributed by atoms with Gasteiger partial charge in [-0.1, -0.05) is 19.4 Å². The SMILES string of the molecule is CCCCOCCCNC(=NC)NCC1CCN(c2cccc(OC)c2)C1.I. The molecule has 2 N–H and O–H groups in total. The average Bonchev–Trinajstić information content (AvgIpc) is 3.18. The van der Waals surface area contributed by atoms with Crippen molar-refractivity contribution in [2.45, 2.75) is 32.6 Å².